The van der Waals surface area contributed by atoms with Crippen molar-refractivity contribution in [1.29, 1.82) is 0 Å². The minimum Gasteiger partial charge on any atom is -0.480 e. The molecule has 0 spiro atoms. The number of carbonyl (C=O) groups is 1. The SMILES string of the molecule is O=C(O)C1(Cc2cc(F)ccc2F)C=CON1. The molecule has 1 heterocycles. The lowest BCUT2D eigenvalue weighted by atomic mass is 9.92. The summed E-state index contributed by atoms with van der Waals surface area (Å²) in [5, 5.41) is 9.08. The zero-order valence-electron chi connectivity index (χ0n) is 8.61. The first-order valence-electron chi connectivity index (χ1n) is 4.81. The average molecular weight is 241 g/mol. The second-order valence-corrected chi connectivity index (χ2v) is 3.71. The van der Waals surface area contributed by atoms with Crippen LogP contribution in [0.15, 0.2) is 30.5 Å². The Morgan fingerprint density at radius 2 is 2.24 bits per heavy atom. The molecule has 2 rings (SSSR count). The lowest BCUT2D eigenvalue weighted by Crippen LogP contribution is -2.49. The molecule has 1 aliphatic rings. The van der Waals surface area contributed by atoms with Gasteiger partial charge in [-0.15, -0.1) is 5.48 Å². The lowest BCUT2D eigenvalue weighted by Gasteiger charge is -2.21. The van der Waals surface area contributed by atoms with Crippen LogP contribution in [0.4, 0.5) is 8.78 Å². The van der Waals surface area contributed by atoms with E-state index in [1.807, 2.05) is 0 Å². The molecule has 1 unspecified atom stereocenters. The van der Waals surface area contributed by atoms with Crippen LogP contribution in [0, 0.1) is 11.6 Å². The van der Waals surface area contributed by atoms with Crippen LogP contribution in [0.3, 0.4) is 0 Å². The predicted molar refractivity (Wildman–Crippen MR) is 53.8 cm³/mol. The molecule has 1 atom stereocenters. The minimum atomic E-state index is -1.56. The standard InChI is InChI=1S/C11H9F2NO3/c12-8-1-2-9(13)7(5-8)6-11(10(15)16)3-4-17-14-11/h1-5,14H,6H2,(H,15,16). The fourth-order valence-corrected chi connectivity index (χ4v) is 1.59. The smallest absolute Gasteiger partial charge is 0.331 e. The van der Waals surface area contributed by atoms with Crippen LogP contribution in [-0.2, 0) is 16.1 Å². The molecule has 0 radical (unpaired) electrons. The number of halogens is 2. The highest BCUT2D eigenvalue weighted by molar-refractivity contribution is 5.82. The van der Waals surface area contributed by atoms with Gasteiger partial charge in [-0.2, -0.15) is 0 Å². The number of hydroxylamine groups is 1. The molecule has 0 aliphatic carbocycles. The van der Waals surface area contributed by atoms with Crippen LogP contribution < -0.4 is 5.48 Å². The molecule has 0 aromatic heterocycles. The molecule has 0 amide bonds. The number of nitrogens with one attached hydrogen (secondary N) is 1. The molecular weight excluding hydrogens is 232 g/mol. The molecule has 4 nitrogen and oxygen atoms in total. The van der Waals surface area contributed by atoms with Crippen LogP contribution >= 0.6 is 0 Å². The molecule has 0 saturated carbocycles. The third kappa shape index (κ3) is 2.12. The number of carboxylic acids is 1. The van der Waals surface area contributed by atoms with Gasteiger partial charge in [-0.25, -0.2) is 13.6 Å². The summed E-state index contributed by atoms with van der Waals surface area (Å²) in [5.74, 6) is -2.51. The maximum atomic E-state index is 13.4. The van der Waals surface area contributed by atoms with Crippen molar-refractivity contribution in [2.75, 3.05) is 0 Å². The molecule has 90 valence electrons. The minimum absolute atomic E-state index is 0.0324. The Morgan fingerprint density at radius 1 is 1.47 bits per heavy atom. The van der Waals surface area contributed by atoms with Crippen molar-refractivity contribution >= 4 is 5.97 Å². The van der Waals surface area contributed by atoms with Crippen molar-refractivity contribution in [3.63, 3.8) is 0 Å². The van der Waals surface area contributed by atoms with Crippen molar-refractivity contribution in [3.05, 3.63) is 47.7 Å². The molecule has 6 heteroatoms. The summed E-state index contributed by atoms with van der Waals surface area (Å²) in [6.07, 6.45) is 2.16. The summed E-state index contributed by atoms with van der Waals surface area (Å²) in [7, 11) is 0. The van der Waals surface area contributed by atoms with Crippen molar-refractivity contribution in [2.24, 2.45) is 0 Å². The Morgan fingerprint density at radius 3 is 2.82 bits per heavy atom. The Bertz CT molecular complexity index is 490. The maximum Gasteiger partial charge on any atom is 0.331 e. The van der Waals surface area contributed by atoms with Crippen LogP contribution in [0.5, 0.6) is 0 Å². The van der Waals surface area contributed by atoms with Gasteiger partial charge in [-0.05, 0) is 29.8 Å². The second kappa shape index (κ2) is 4.14. The van der Waals surface area contributed by atoms with Gasteiger partial charge in [0.05, 0.1) is 0 Å². The summed E-state index contributed by atoms with van der Waals surface area (Å²) >= 11 is 0. The molecule has 1 aromatic carbocycles. The van der Waals surface area contributed by atoms with Gasteiger partial charge in [0.1, 0.15) is 17.9 Å². The Kier molecular flexibility index (Phi) is 2.81. The number of hydrogen-bond donors (Lipinski definition) is 2. The fraction of sp³-hybridized carbons (Fsp3) is 0.182. The highest BCUT2D eigenvalue weighted by atomic mass is 19.1. The lowest BCUT2D eigenvalue weighted by molar-refractivity contribution is -0.145. The Balaban J connectivity index is 2.33. The van der Waals surface area contributed by atoms with E-state index in [1.165, 1.54) is 6.08 Å². The molecule has 17 heavy (non-hydrogen) atoms. The van der Waals surface area contributed by atoms with Crippen LogP contribution in [0.2, 0.25) is 0 Å². The number of benzene rings is 1. The van der Waals surface area contributed by atoms with Crippen molar-refractivity contribution in [2.45, 2.75) is 12.0 Å². The van der Waals surface area contributed by atoms with E-state index < -0.39 is 23.1 Å². The monoisotopic (exact) mass is 241 g/mol. The van der Waals surface area contributed by atoms with Crippen molar-refractivity contribution in [1.82, 2.24) is 5.48 Å². The number of aliphatic carboxylic acids is 1. The van der Waals surface area contributed by atoms with E-state index in [2.05, 4.69) is 10.3 Å². The number of rotatable bonds is 3. The summed E-state index contributed by atoms with van der Waals surface area (Å²) in [6.45, 7) is 0. The van der Waals surface area contributed by atoms with E-state index in [9.17, 15) is 13.6 Å². The zero-order valence-corrected chi connectivity index (χ0v) is 8.61. The molecule has 0 saturated heterocycles. The highest BCUT2D eigenvalue weighted by Gasteiger charge is 2.40. The largest absolute Gasteiger partial charge is 0.480 e. The zero-order chi connectivity index (χ0) is 12.5. The van der Waals surface area contributed by atoms with E-state index in [0.29, 0.717) is 0 Å². The maximum absolute atomic E-state index is 13.4. The van der Waals surface area contributed by atoms with Gasteiger partial charge in [-0.3, -0.25) is 0 Å². The van der Waals surface area contributed by atoms with Crippen molar-refractivity contribution in [3.8, 4) is 0 Å². The summed E-state index contributed by atoms with van der Waals surface area (Å²) in [5.41, 5.74) is 0.672. The third-order valence-electron chi connectivity index (χ3n) is 2.52. The molecule has 1 aromatic rings. The van der Waals surface area contributed by atoms with E-state index in [-0.39, 0.29) is 12.0 Å². The third-order valence-corrected chi connectivity index (χ3v) is 2.52. The van der Waals surface area contributed by atoms with Gasteiger partial charge in [0, 0.05) is 6.42 Å². The molecule has 2 N–H and O–H groups in total. The molecular formula is C11H9F2NO3. The molecule has 0 fully saturated rings. The van der Waals surface area contributed by atoms with Gasteiger partial charge < -0.3 is 9.94 Å². The Hall–Kier alpha value is -1.95. The van der Waals surface area contributed by atoms with E-state index >= 15 is 0 Å². The first-order valence-corrected chi connectivity index (χ1v) is 4.81. The van der Waals surface area contributed by atoms with Crippen LogP contribution in [0.1, 0.15) is 5.56 Å². The van der Waals surface area contributed by atoms with Gasteiger partial charge in [-0.1, -0.05) is 0 Å². The summed E-state index contributed by atoms with van der Waals surface area (Å²) < 4.78 is 26.4. The first-order chi connectivity index (χ1) is 8.03. The van der Waals surface area contributed by atoms with E-state index in [0.717, 1.165) is 24.5 Å². The van der Waals surface area contributed by atoms with Gasteiger partial charge >= 0.3 is 5.97 Å². The molecule has 1 aliphatic heterocycles. The van der Waals surface area contributed by atoms with Crippen LogP contribution in [-0.4, -0.2) is 16.6 Å². The van der Waals surface area contributed by atoms with Gasteiger partial charge in [0.15, 0.2) is 5.54 Å². The number of hydrogen-bond acceptors (Lipinski definition) is 3. The number of carboxylic acid groups (broad SMARTS) is 1. The summed E-state index contributed by atoms with van der Waals surface area (Å²) in [6, 6.07) is 2.90. The molecule has 0 bridgehead atoms. The van der Waals surface area contributed by atoms with Gasteiger partial charge in [0.2, 0.25) is 0 Å². The van der Waals surface area contributed by atoms with Crippen molar-refractivity contribution < 1.29 is 23.5 Å². The normalized spacial score (nSPS) is 22.5. The quantitative estimate of drug-likeness (QED) is 0.839. The average Bonchev–Trinajstić information content (AvgIpc) is 2.73. The first kappa shape index (κ1) is 11.5. The fourth-order valence-electron chi connectivity index (χ4n) is 1.59. The predicted octanol–water partition coefficient (Wildman–Crippen LogP) is 1.38. The highest BCUT2D eigenvalue weighted by Crippen LogP contribution is 2.22. The summed E-state index contributed by atoms with van der Waals surface area (Å²) in [4.78, 5) is 15.8. The Labute approximate surface area is 95.5 Å². The van der Waals surface area contributed by atoms with Gasteiger partial charge in [0.25, 0.3) is 0 Å². The van der Waals surface area contributed by atoms with Crippen LogP contribution in [0.25, 0.3) is 0 Å². The van der Waals surface area contributed by atoms with E-state index in [1.54, 1.807) is 0 Å². The second-order valence-electron chi connectivity index (χ2n) is 3.71. The van der Waals surface area contributed by atoms with E-state index in [4.69, 9.17) is 5.11 Å². The topological polar surface area (TPSA) is 58.6 Å².